The van der Waals surface area contributed by atoms with E-state index >= 15 is 0 Å². The molecule has 31 heavy (non-hydrogen) atoms. The second kappa shape index (κ2) is 9.04. The smallest absolute Gasteiger partial charge is 0.303 e. The van der Waals surface area contributed by atoms with Crippen LogP contribution < -0.4 is 5.32 Å². The Morgan fingerprint density at radius 2 is 1.68 bits per heavy atom. The van der Waals surface area contributed by atoms with Crippen LogP contribution in [-0.4, -0.2) is 68.9 Å². The van der Waals surface area contributed by atoms with Crippen LogP contribution in [0.2, 0.25) is 0 Å². The first kappa shape index (κ1) is 22.1. The second-order valence-electron chi connectivity index (χ2n) is 6.78. The molecule has 3 rings (SSSR count). The molecule has 0 spiro atoms. The minimum atomic E-state index is -1.08. The number of H-pyrrole nitrogens is 1. The Morgan fingerprint density at radius 1 is 1.00 bits per heavy atom. The van der Waals surface area contributed by atoms with Gasteiger partial charge in [0.1, 0.15) is 30.7 Å². The Morgan fingerprint density at radius 3 is 2.29 bits per heavy atom. The van der Waals surface area contributed by atoms with Crippen molar-refractivity contribution in [3.05, 3.63) is 12.0 Å². The molecule has 1 fully saturated rings. The van der Waals surface area contributed by atoms with Gasteiger partial charge in [0, 0.05) is 27.7 Å². The Bertz CT molecular complexity index is 1020. The molecule has 1 aliphatic heterocycles. The molecular weight excluding hydrogens is 414 g/mol. The molecule has 3 heterocycles. The minimum Gasteiger partial charge on any atom is -0.463 e. The number of amides is 1. The van der Waals surface area contributed by atoms with Gasteiger partial charge in [-0.2, -0.15) is 5.10 Å². The first-order valence-corrected chi connectivity index (χ1v) is 9.27. The summed E-state index contributed by atoms with van der Waals surface area (Å²) in [6.45, 7) is 4.70. The number of hydrogen-bond donors (Lipinski definition) is 2. The van der Waals surface area contributed by atoms with Gasteiger partial charge in [0.15, 0.2) is 23.5 Å². The molecule has 2 aromatic heterocycles. The summed E-state index contributed by atoms with van der Waals surface area (Å²) in [6.07, 6.45) is -2.82. The van der Waals surface area contributed by atoms with Crippen LogP contribution in [0.15, 0.2) is 6.33 Å². The minimum absolute atomic E-state index is 0.176. The van der Waals surface area contributed by atoms with E-state index in [1.54, 1.807) is 0 Å². The van der Waals surface area contributed by atoms with E-state index in [-0.39, 0.29) is 23.8 Å². The van der Waals surface area contributed by atoms with Crippen LogP contribution in [0, 0.1) is 0 Å². The van der Waals surface area contributed by atoms with Crippen molar-refractivity contribution in [1.29, 1.82) is 0 Å². The molecule has 0 saturated carbocycles. The Hall–Kier alpha value is -3.61. The highest BCUT2D eigenvalue weighted by molar-refractivity contribution is 5.96. The molecule has 13 heteroatoms. The maximum absolute atomic E-state index is 11.8. The number of nitrogens with one attached hydrogen (secondary N) is 2. The first-order chi connectivity index (χ1) is 14.7. The summed E-state index contributed by atoms with van der Waals surface area (Å²) in [5.74, 6) is -2.01. The largest absolute Gasteiger partial charge is 0.463 e. The highest BCUT2D eigenvalue weighted by Crippen LogP contribution is 2.39. The van der Waals surface area contributed by atoms with Crippen molar-refractivity contribution in [3.63, 3.8) is 0 Å². The molecule has 0 bridgehead atoms. The number of rotatable bonds is 6. The van der Waals surface area contributed by atoms with Crippen molar-refractivity contribution in [1.82, 2.24) is 20.2 Å². The van der Waals surface area contributed by atoms with Crippen LogP contribution in [-0.2, 0) is 38.1 Å². The molecule has 1 saturated heterocycles. The number of hydrogen-bond acceptors (Lipinski definition) is 11. The van der Waals surface area contributed by atoms with E-state index in [2.05, 4.69) is 25.5 Å². The number of aromatic nitrogens is 4. The summed E-state index contributed by atoms with van der Waals surface area (Å²) < 4.78 is 21.7. The van der Waals surface area contributed by atoms with Crippen LogP contribution >= 0.6 is 0 Å². The molecule has 4 atom stereocenters. The molecule has 2 N–H and O–H groups in total. The zero-order valence-electron chi connectivity index (χ0n) is 17.2. The van der Waals surface area contributed by atoms with Gasteiger partial charge in [-0.15, -0.1) is 0 Å². The Balaban J connectivity index is 2.02. The molecule has 0 aliphatic carbocycles. The Labute approximate surface area is 175 Å². The Kier molecular flexibility index (Phi) is 6.44. The lowest BCUT2D eigenvalue weighted by molar-refractivity contribution is -0.165. The van der Waals surface area contributed by atoms with Crippen LogP contribution in [0.1, 0.15) is 39.5 Å². The van der Waals surface area contributed by atoms with E-state index in [0.29, 0.717) is 11.2 Å². The summed E-state index contributed by atoms with van der Waals surface area (Å²) in [4.78, 5) is 54.3. The second-order valence-corrected chi connectivity index (χ2v) is 6.78. The van der Waals surface area contributed by atoms with Gasteiger partial charge >= 0.3 is 17.9 Å². The van der Waals surface area contributed by atoms with Crippen molar-refractivity contribution in [2.45, 2.75) is 52.1 Å². The van der Waals surface area contributed by atoms with Crippen molar-refractivity contribution < 1.29 is 38.1 Å². The molecule has 0 unspecified atom stereocenters. The van der Waals surface area contributed by atoms with Gasteiger partial charge in [0.25, 0.3) is 0 Å². The topological polar surface area (TPSA) is 172 Å². The number of ether oxygens (including phenoxy) is 4. The van der Waals surface area contributed by atoms with Crippen molar-refractivity contribution >= 4 is 40.7 Å². The van der Waals surface area contributed by atoms with Gasteiger partial charge in [-0.3, -0.25) is 24.3 Å². The highest BCUT2D eigenvalue weighted by atomic mass is 16.6. The number of carbonyl (C=O) groups is 4. The molecule has 13 nitrogen and oxygen atoms in total. The first-order valence-electron chi connectivity index (χ1n) is 9.27. The SMILES string of the molecule is CC(=O)Nc1ncnc2c([C@@H]3O[C@@H](COC(C)=O)[C@@H](OC(C)=O)[C@H]3OC(C)=O)[nH]nc12. The fourth-order valence-electron chi connectivity index (χ4n) is 3.26. The summed E-state index contributed by atoms with van der Waals surface area (Å²) >= 11 is 0. The lowest BCUT2D eigenvalue weighted by Gasteiger charge is -2.23. The van der Waals surface area contributed by atoms with Gasteiger partial charge in [-0.05, 0) is 0 Å². The number of fused-ring (bicyclic) bond motifs is 1. The standard InChI is InChI=1S/C18H21N5O8/c1-7(24)21-18-14-12(19-6-20-18)13(22-23-14)16-17(30-10(4)27)15(29-9(3)26)11(31-16)5-28-8(2)25/h6,11,15-17H,5H2,1-4H3,(H,22,23)(H,19,20,21,24)/t11-,15+,16-,17+/m0/s1. The predicted molar refractivity (Wildman–Crippen MR) is 101 cm³/mol. The van der Waals surface area contributed by atoms with Gasteiger partial charge < -0.3 is 24.3 Å². The molecular formula is C18H21N5O8. The van der Waals surface area contributed by atoms with Crippen molar-refractivity contribution in [2.75, 3.05) is 11.9 Å². The zero-order chi connectivity index (χ0) is 22.7. The molecule has 0 radical (unpaired) electrons. The van der Waals surface area contributed by atoms with Crippen molar-refractivity contribution in [2.24, 2.45) is 0 Å². The number of esters is 3. The third kappa shape index (κ3) is 4.94. The van der Waals surface area contributed by atoms with E-state index in [1.165, 1.54) is 34.0 Å². The third-order valence-corrected chi connectivity index (χ3v) is 4.31. The summed E-state index contributed by atoms with van der Waals surface area (Å²) in [5.41, 5.74) is 0.860. The molecule has 166 valence electrons. The van der Waals surface area contributed by atoms with Gasteiger partial charge in [0.2, 0.25) is 5.91 Å². The lowest BCUT2D eigenvalue weighted by Crippen LogP contribution is -2.40. The monoisotopic (exact) mass is 435 g/mol. The fraction of sp³-hybridized carbons (Fsp3) is 0.500. The van der Waals surface area contributed by atoms with Crippen molar-refractivity contribution in [3.8, 4) is 0 Å². The molecule has 1 aliphatic rings. The van der Waals surface area contributed by atoms with E-state index in [9.17, 15) is 19.2 Å². The average molecular weight is 435 g/mol. The maximum Gasteiger partial charge on any atom is 0.303 e. The molecule has 1 amide bonds. The van der Waals surface area contributed by atoms with E-state index in [4.69, 9.17) is 18.9 Å². The quantitative estimate of drug-likeness (QED) is 0.468. The predicted octanol–water partition coefficient (Wildman–Crippen LogP) is 0.178. The summed E-state index contributed by atoms with van der Waals surface area (Å²) in [7, 11) is 0. The number of anilines is 1. The van der Waals surface area contributed by atoms with Crippen LogP contribution in [0.5, 0.6) is 0 Å². The van der Waals surface area contributed by atoms with E-state index in [0.717, 1.165) is 0 Å². The lowest BCUT2D eigenvalue weighted by atomic mass is 10.0. The average Bonchev–Trinajstić information content (AvgIpc) is 3.22. The third-order valence-electron chi connectivity index (χ3n) is 4.31. The summed E-state index contributed by atoms with van der Waals surface area (Å²) in [5, 5.41) is 9.45. The highest BCUT2D eigenvalue weighted by Gasteiger charge is 2.51. The van der Waals surface area contributed by atoms with E-state index in [1.807, 2.05) is 0 Å². The van der Waals surface area contributed by atoms with Crippen LogP contribution in [0.25, 0.3) is 11.0 Å². The van der Waals surface area contributed by atoms with E-state index < -0.39 is 42.3 Å². The van der Waals surface area contributed by atoms with Gasteiger partial charge in [-0.25, -0.2) is 9.97 Å². The fourth-order valence-corrected chi connectivity index (χ4v) is 3.26. The maximum atomic E-state index is 11.8. The summed E-state index contributed by atoms with van der Waals surface area (Å²) in [6, 6.07) is 0. The zero-order valence-corrected chi connectivity index (χ0v) is 17.2. The molecule has 0 aromatic carbocycles. The van der Waals surface area contributed by atoms with Crippen LogP contribution in [0.4, 0.5) is 5.82 Å². The normalized spacial score (nSPS) is 22.7. The van der Waals surface area contributed by atoms with Gasteiger partial charge in [-0.1, -0.05) is 0 Å². The molecule has 2 aromatic rings. The van der Waals surface area contributed by atoms with Gasteiger partial charge in [0.05, 0.1) is 5.69 Å². The number of carbonyl (C=O) groups excluding carboxylic acids is 4. The number of nitrogens with zero attached hydrogens (tertiary/aromatic N) is 3. The number of aromatic amines is 1. The van der Waals surface area contributed by atoms with Crippen LogP contribution in [0.3, 0.4) is 0 Å².